The van der Waals surface area contributed by atoms with Crippen molar-refractivity contribution in [1.82, 2.24) is 0 Å². The van der Waals surface area contributed by atoms with Gasteiger partial charge in [0.25, 0.3) is 0 Å². The van der Waals surface area contributed by atoms with E-state index in [1.165, 1.54) is 11.1 Å². The van der Waals surface area contributed by atoms with Crippen LogP contribution in [0.2, 0.25) is 5.02 Å². The van der Waals surface area contributed by atoms with Gasteiger partial charge in [-0.1, -0.05) is 54.6 Å². The van der Waals surface area contributed by atoms with Crippen LogP contribution in [0.25, 0.3) is 0 Å². The Bertz CT molecular complexity index is 824. The molecule has 128 valence electrons. The van der Waals surface area contributed by atoms with Gasteiger partial charge in [-0.3, -0.25) is 0 Å². The number of hydrogen-bond acceptors (Lipinski definition) is 2. The lowest BCUT2D eigenvalue weighted by Gasteiger charge is -2.38. The van der Waals surface area contributed by atoms with E-state index in [1.807, 2.05) is 25.1 Å². The maximum Gasteiger partial charge on any atom is 0.143 e. The molecule has 0 bridgehead atoms. The molecule has 2 aliphatic rings. The highest BCUT2D eigenvalue weighted by molar-refractivity contribution is 6.30. The van der Waals surface area contributed by atoms with Crippen molar-refractivity contribution >= 4 is 17.3 Å². The quantitative estimate of drug-likeness (QED) is 0.670. The monoisotopic (exact) mass is 351 g/mol. The minimum Gasteiger partial charge on any atom is -0.487 e. The molecule has 1 heterocycles. The molecule has 0 fully saturated rings. The standard InChI is InChI=1S/C22H22ClNO/c1-14(2)13-25-20-8-4-7-19-17-5-3-6-18(17)21(24-22(19)20)15-9-11-16(23)12-10-15/h3-5,7-12,17-18,21,24H,1,6,13H2,2H3. The first kappa shape index (κ1) is 16.3. The molecule has 0 radical (unpaired) electrons. The van der Waals surface area contributed by atoms with Gasteiger partial charge in [-0.25, -0.2) is 0 Å². The van der Waals surface area contributed by atoms with Crippen LogP contribution >= 0.6 is 11.6 Å². The number of benzene rings is 2. The van der Waals surface area contributed by atoms with Gasteiger partial charge in [0, 0.05) is 10.9 Å². The number of hydrogen-bond donors (Lipinski definition) is 1. The van der Waals surface area contributed by atoms with Gasteiger partial charge in [0.05, 0.1) is 11.7 Å². The normalized spacial score (nSPS) is 23.5. The van der Waals surface area contributed by atoms with Gasteiger partial charge in [-0.05, 0) is 54.2 Å². The van der Waals surface area contributed by atoms with E-state index in [0.717, 1.165) is 28.5 Å². The van der Waals surface area contributed by atoms with Gasteiger partial charge in [-0.2, -0.15) is 0 Å². The largest absolute Gasteiger partial charge is 0.487 e. The van der Waals surface area contributed by atoms with Gasteiger partial charge in [0.2, 0.25) is 0 Å². The SMILES string of the molecule is C=C(C)COc1cccc2c1NC(c1ccc(Cl)cc1)C1CC=CC21. The molecule has 0 spiro atoms. The average Bonchev–Trinajstić information content (AvgIpc) is 3.10. The molecule has 1 aliphatic heterocycles. The number of nitrogens with one attached hydrogen (secondary N) is 1. The van der Waals surface area contributed by atoms with Crippen LogP contribution in [0.4, 0.5) is 5.69 Å². The topological polar surface area (TPSA) is 21.3 Å². The highest BCUT2D eigenvalue weighted by atomic mass is 35.5. The fourth-order valence-corrected chi connectivity index (χ4v) is 4.04. The maximum absolute atomic E-state index is 6.08. The zero-order chi connectivity index (χ0) is 17.4. The zero-order valence-electron chi connectivity index (χ0n) is 14.3. The summed E-state index contributed by atoms with van der Waals surface area (Å²) in [5.74, 6) is 1.84. The molecule has 4 rings (SSSR count). The number of allylic oxidation sites excluding steroid dienone is 2. The van der Waals surface area contributed by atoms with Crippen molar-refractivity contribution in [2.75, 3.05) is 11.9 Å². The third-order valence-corrected chi connectivity index (χ3v) is 5.31. The summed E-state index contributed by atoms with van der Waals surface area (Å²) < 4.78 is 6.01. The summed E-state index contributed by atoms with van der Waals surface area (Å²) in [7, 11) is 0. The second kappa shape index (κ2) is 6.61. The van der Waals surface area contributed by atoms with Crippen LogP contribution in [0.5, 0.6) is 5.75 Å². The lowest BCUT2D eigenvalue weighted by molar-refractivity contribution is 0.348. The number of anilines is 1. The van der Waals surface area contributed by atoms with Crippen LogP contribution in [0, 0.1) is 5.92 Å². The molecule has 2 aromatic carbocycles. The molecule has 3 heteroatoms. The lowest BCUT2D eigenvalue weighted by atomic mass is 9.77. The van der Waals surface area contributed by atoms with Crippen LogP contribution in [-0.2, 0) is 0 Å². The summed E-state index contributed by atoms with van der Waals surface area (Å²) in [6.45, 7) is 6.45. The third-order valence-electron chi connectivity index (χ3n) is 5.06. The highest BCUT2D eigenvalue weighted by Crippen LogP contribution is 2.52. The van der Waals surface area contributed by atoms with Crippen LogP contribution in [0.1, 0.15) is 36.4 Å². The van der Waals surface area contributed by atoms with Gasteiger partial charge in [-0.15, -0.1) is 0 Å². The van der Waals surface area contributed by atoms with Gasteiger partial charge in [0.15, 0.2) is 0 Å². The van der Waals surface area contributed by atoms with Crippen molar-refractivity contribution in [1.29, 1.82) is 0 Å². The average molecular weight is 352 g/mol. The summed E-state index contributed by atoms with van der Waals surface area (Å²) in [6, 6.07) is 14.8. The van der Waals surface area contributed by atoms with E-state index in [1.54, 1.807) is 0 Å². The molecule has 2 nitrogen and oxygen atoms in total. The molecule has 3 unspecified atom stereocenters. The van der Waals surface area contributed by atoms with E-state index < -0.39 is 0 Å². The number of rotatable bonds is 4. The van der Waals surface area contributed by atoms with Crippen molar-refractivity contribution < 1.29 is 4.74 Å². The Morgan fingerprint density at radius 2 is 2.04 bits per heavy atom. The molecule has 0 amide bonds. The van der Waals surface area contributed by atoms with Gasteiger partial charge >= 0.3 is 0 Å². The fourth-order valence-electron chi connectivity index (χ4n) is 3.91. The van der Waals surface area contributed by atoms with E-state index in [2.05, 4.69) is 48.3 Å². The first-order valence-corrected chi connectivity index (χ1v) is 9.10. The maximum atomic E-state index is 6.08. The van der Waals surface area contributed by atoms with Crippen molar-refractivity contribution in [3.05, 3.63) is 82.9 Å². The molecule has 0 saturated heterocycles. The van der Waals surface area contributed by atoms with Gasteiger partial charge in [0.1, 0.15) is 12.4 Å². The summed E-state index contributed by atoms with van der Waals surface area (Å²) in [5, 5.41) is 4.53. The van der Waals surface area contributed by atoms with Crippen LogP contribution in [-0.4, -0.2) is 6.61 Å². The van der Waals surface area contributed by atoms with Crippen molar-refractivity contribution in [3.63, 3.8) is 0 Å². The van der Waals surface area contributed by atoms with Crippen molar-refractivity contribution in [2.45, 2.75) is 25.3 Å². The first-order valence-electron chi connectivity index (χ1n) is 8.72. The molecule has 0 aromatic heterocycles. The van der Waals surface area contributed by atoms with E-state index in [9.17, 15) is 0 Å². The Balaban J connectivity index is 1.73. The minimum atomic E-state index is 0.249. The van der Waals surface area contributed by atoms with E-state index in [0.29, 0.717) is 18.4 Å². The third kappa shape index (κ3) is 3.07. The van der Waals surface area contributed by atoms with Crippen molar-refractivity contribution in [3.8, 4) is 5.75 Å². The second-order valence-corrected chi connectivity index (χ2v) is 7.43. The summed E-state index contributed by atoms with van der Waals surface area (Å²) in [6.07, 6.45) is 5.73. The predicted molar refractivity (Wildman–Crippen MR) is 105 cm³/mol. The van der Waals surface area contributed by atoms with Gasteiger partial charge < -0.3 is 10.1 Å². The summed E-state index contributed by atoms with van der Waals surface area (Å²) in [4.78, 5) is 0. The molecule has 3 atom stereocenters. The Kier molecular flexibility index (Phi) is 4.30. The summed E-state index contributed by atoms with van der Waals surface area (Å²) >= 11 is 6.08. The predicted octanol–water partition coefficient (Wildman–Crippen LogP) is 6.12. The zero-order valence-corrected chi connectivity index (χ0v) is 15.1. The fraction of sp³-hybridized carbons (Fsp3) is 0.273. The Morgan fingerprint density at radius 3 is 2.80 bits per heavy atom. The van der Waals surface area contributed by atoms with E-state index in [-0.39, 0.29) is 6.04 Å². The molecular weight excluding hydrogens is 330 g/mol. The first-order chi connectivity index (χ1) is 12.1. The molecular formula is C22H22ClNO. The molecule has 2 aromatic rings. The molecule has 25 heavy (non-hydrogen) atoms. The number of fused-ring (bicyclic) bond motifs is 3. The Morgan fingerprint density at radius 1 is 1.24 bits per heavy atom. The number of halogens is 1. The van der Waals surface area contributed by atoms with Crippen LogP contribution in [0.15, 0.2) is 66.8 Å². The van der Waals surface area contributed by atoms with E-state index >= 15 is 0 Å². The smallest absolute Gasteiger partial charge is 0.143 e. The van der Waals surface area contributed by atoms with E-state index in [4.69, 9.17) is 16.3 Å². The molecule has 0 saturated carbocycles. The molecule has 1 aliphatic carbocycles. The van der Waals surface area contributed by atoms with Crippen molar-refractivity contribution in [2.24, 2.45) is 5.92 Å². The lowest BCUT2D eigenvalue weighted by Crippen LogP contribution is -2.29. The summed E-state index contributed by atoms with van der Waals surface area (Å²) in [5.41, 5.74) is 4.71. The number of para-hydroxylation sites is 1. The molecule has 1 N–H and O–H groups in total. The van der Waals surface area contributed by atoms with Crippen LogP contribution < -0.4 is 10.1 Å². The Labute approximate surface area is 154 Å². The number of ether oxygens (including phenoxy) is 1. The van der Waals surface area contributed by atoms with Crippen LogP contribution in [0.3, 0.4) is 0 Å². The second-order valence-electron chi connectivity index (χ2n) is 6.99. The highest BCUT2D eigenvalue weighted by Gasteiger charge is 2.38. The minimum absolute atomic E-state index is 0.249. The Hall–Kier alpha value is -2.19.